The largest absolute Gasteiger partial charge is 0.463 e. The molecule has 6 N–H and O–H groups in total. The average molecular weight is 1770 g/mol. The van der Waals surface area contributed by atoms with Crippen LogP contribution in [0.3, 0.4) is 0 Å². The highest BCUT2D eigenvalue weighted by atomic mass is 16.6. The molecule has 0 radical (unpaired) electrons. The van der Waals surface area contributed by atoms with E-state index in [-0.39, 0.29) is 196 Å². The van der Waals surface area contributed by atoms with E-state index in [4.69, 9.17) is 28.4 Å². The second kappa shape index (κ2) is 86.3. The van der Waals surface area contributed by atoms with Gasteiger partial charge in [0.1, 0.15) is 76.3 Å². The highest BCUT2D eigenvalue weighted by Crippen LogP contribution is 2.15. The second-order valence-corrected chi connectivity index (χ2v) is 32.8. The van der Waals surface area contributed by atoms with E-state index in [9.17, 15) is 59.4 Å². The van der Waals surface area contributed by atoms with Crippen LogP contribution in [0, 0.1) is 0 Å². The van der Waals surface area contributed by atoms with Crippen molar-refractivity contribution in [1.29, 1.82) is 0 Å². The van der Waals surface area contributed by atoms with Crippen molar-refractivity contribution in [2.24, 2.45) is 0 Å². The van der Waals surface area contributed by atoms with Crippen LogP contribution < -0.4 is 0 Å². The molecule has 0 saturated carbocycles. The number of β-amino-alcohol motifs (C(OH)–C–C–N with tert-alkyl or cyclic N) is 6. The van der Waals surface area contributed by atoms with Crippen LogP contribution in [-0.4, -0.2) is 290 Å². The first kappa shape index (κ1) is 117. The number of aliphatic hydroxyl groups is 6. The number of esters is 6. The van der Waals surface area contributed by atoms with Gasteiger partial charge in [-0.25, -0.2) is 0 Å². The van der Waals surface area contributed by atoms with Crippen LogP contribution in [0.2, 0.25) is 0 Å². The number of carbonyl (C=O) groups is 6. The first-order valence-corrected chi connectivity index (χ1v) is 48.5. The summed E-state index contributed by atoms with van der Waals surface area (Å²) >= 11 is 0. The van der Waals surface area contributed by atoms with Crippen LogP contribution in [0.1, 0.15) is 273 Å². The third-order valence-electron chi connectivity index (χ3n) is 20.9. The summed E-state index contributed by atoms with van der Waals surface area (Å²) in [6.07, 6.45) is 69.4. The summed E-state index contributed by atoms with van der Waals surface area (Å²) in [6.45, 7) is 14.5. The minimum atomic E-state index is -1.15. The summed E-state index contributed by atoms with van der Waals surface area (Å²) in [6, 6.07) is 0. The molecule has 24 heteroatoms. The molecule has 0 aromatic carbocycles. The van der Waals surface area contributed by atoms with Gasteiger partial charge in [0.15, 0.2) is 0 Å². The predicted molar refractivity (Wildman–Crippen MR) is 510 cm³/mol. The van der Waals surface area contributed by atoms with Crippen LogP contribution in [0.5, 0.6) is 0 Å². The minimum Gasteiger partial charge on any atom is -0.463 e. The third-order valence-corrected chi connectivity index (χ3v) is 20.9. The quantitative estimate of drug-likeness (QED) is 0.0143. The highest BCUT2D eigenvalue weighted by Gasteiger charge is 2.26. The number of allylic oxidation sites excluding steroid dienone is 24. The zero-order chi connectivity index (χ0) is 92.0. The molecule has 0 bridgehead atoms. The van der Waals surface area contributed by atoms with Crippen molar-refractivity contribution < 1.29 is 87.8 Å². The number of unbranched alkanes of at least 4 members (excludes halogenated alkanes) is 12. The van der Waals surface area contributed by atoms with Gasteiger partial charge in [-0.15, -0.1) is 0 Å². The topological polar surface area (TPSA) is 299 Å². The van der Waals surface area contributed by atoms with Gasteiger partial charge in [-0.2, -0.15) is 0 Å². The molecule has 1 aliphatic rings. The molecule has 0 spiro atoms. The van der Waals surface area contributed by atoms with Gasteiger partial charge >= 0.3 is 35.8 Å². The molecule has 6 unspecified atom stereocenters. The number of ether oxygens (including phenoxy) is 6. The Bertz CT molecular complexity index is 2520. The van der Waals surface area contributed by atoms with Gasteiger partial charge in [0, 0.05) is 156 Å². The van der Waals surface area contributed by atoms with Crippen molar-refractivity contribution in [1.82, 2.24) is 29.4 Å². The summed E-state index contributed by atoms with van der Waals surface area (Å²) in [5.41, 5.74) is 0. The fourth-order valence-corrected chi connectivity index (χ4v) is 13.7. The van der Waals surface area contributed by atoms with E-state index >= 15 is 0 Å². The Labute approximate surface area is 761 Å². The van der Waals surface area contributed by atoms with Gasteiger partial charge in [0.25, 0.3) is 0 Å². The Morgan fingerprint density at radius 1 is 0.206 bits per heavy atom. The lowest BCUT2D eigenvalue weighted by Crippen LogP contribution is -2.51. The molecule has 0 amide bonds. The van der Waals surface area contributed by atoms with E-state index < -0.39 is 72.4 Å². The predicted octanol–water partition coefficient (Wildman–Crippen LogP) is 16.1. The molecular weight excluding hydrogens is 1600 g/mol. The molecule has 0 aliphatic carbocycles. The molecule has 1 saturated heterocycles. The van der Waals surface area contributed by atoms with Gasteiger partial charge in [-0.05, 0) is 193 Å². The first-order chi connectivity index (χ1) is 61.3. The number of hydrogen-bond donors (Lipinski definition) is 6. The lowest BCUT2D eigenvalue weighted by atomic mass is 10.2. The van der Waals surface area contributed by atoms with Crippen molar-refractivity contribution in [3.63, 3.8) is 0 Å². The summed E-state index contributed by atoms with van der Waals surface area (Å²) in [5.74, 6) is -2.56. The fourth-order valence-electron chi connectivity index (χ4n) is 13.7. The van der Waals surface area contributed by atoms with Crippen LogP contribution in [0.4, 0.5) is 0 Å². The maximum atomic E-state index is 13.3. The molecule has 1 aliphatic heterocycles. The molecule has 24 nitrogen and oxygen atoms in total. The molecule has 6 atom stereocenters. The lowest BCUT2D eigenvalue weighted by molar-refractivity contribution is -0.148. The summed E-state index contributed by atoms with van der Waals surface area (Å²) in [5, 5.41) is 71.5. The molecule has 0 aromatic heterocycles. The van der Waals surface area contributed by atoms with Crippen molar-refractivity contribution in [3.8, 4) is 0 Å². The smallest absolute Gasteiger partial charge is 0.305 e. The molecule has 720 valence electrons. The third kappa shape index (κ3) is 77.2. The van der Waals surface area contributed by atoms with E-state index in [0.717, 1.165) is 154 Å². The standard InChI is InChI=1S/C102H174N6O18/c1-7-13-19-25-31-37-43-49-55-61-97(115)121-85-91(109)79-103-67-69-104(80-92(110)86-122-98(116)62-56-50-44-38-32-26-20-14-8-2)71-73-106(82-94(112)88-124-100(118)64-58-52-46-40-34-28-22-16-10-4)75-77-108(84-96(114)90-126-102(120)66-60-54-48-42-36-30-24-18-12-6)78-76-107(83-95(113)89-125-101(119)65-59-53-47-41-35-29-23-17-11-5)74-72-105(70-68-103)81-93(111)87-123-99(117)63-57-51-45-39-33-27-21-15-9-3/h13-24,31-42,91-96,109-114H,7-12,25-30,43-90H2,1-6H3/b19-13-,20-14-,21-15-,22-16-,23-17-,24-18-,37-31-,38-32-,39-33-,40-34-,41-35-,42-36-. The van der Waals surface area contributed by atoms with Crippen LogP contribution in [0.25, 0.3) is 0 Å². The Hall–Kier alpha value is -6.78. The lowest BCUT2D eigenvalue weighted by Gasteiger charge is -2.36. The first-order valence-electron chi connectivity index (χ1n) is 48.5. The van der Waals surface area contributed by atoms with Gasteiger partial charge in [0.05, 0.1) is 0 Å². The van der Waals surface area contributed by atoms with E-state index in [1.165, 1.54) is 0 Å². The normalized spacial score (nSPS) is 16.7. The van der Waals surface area contributed by atoms with Crippen molar-refractivity contribution in [2.75, 3.05) is 157 Å². The summed E-state index contributed by atoms with van der Waals surface area (Å²) in [7, 11) is 0. The van der Waals surface area contributed by atoms with E-state index in [1.54, 1.807) is 0 Å². The van der Waals surface area contributed by atoms with Crippen molar-refractivity contribution in [2.45, 2.75) is 309 Å². The maximum absolute atomic E-state index is 13.3. The Kier molecular flexibility index (Phi) is 80.3. The zero-order valence-electron chi connectivity index (χ0n) is 79.0. The number of rotatable bonds is 72. The Balaban J connectivity index is 4.12. The number of carbonyl (C=O) groups excluding carboxylic acids is 6. The highest BCUT2D eigenvalue weighted by molar-refractivity contribution is 5.71. The number of aliphatic hydroxyl groups excluding tert-OH is 6. The van der Waals surface area contributed by atoms with Crippen LogP contribution >= 0.6 is 0 Å². The van der Waals surface area contributed by atoms with Gasteiger partial charge in [-0.1, -0.05) is 187 Å². The Morgan fingerprint density at radius 2 is 0.333 bits per heavy atom. The van der Waals surface area contributed by atoms with Gasteiger partial charge < -0.3 is 59.1 Å². The molecule has 1 rings (SSSR count). The fraction of sp³-hybridized carbons (Fsp3) is 0.706. The number of hydrogen-bond acceptors (Lipinski definition) is 24. The van der Waals surface area contributed by atoms with E-state index in [1.807, 2.05) is 29.4 Å². The molecular formula is C102H174N6O18. The SMILES string of the molecule is CC/C=C\C/C=C\CCCCC(=O)OCC(O)CN1CCN(CC(O)COC(=O)CCCC/C=C\C/C=C\CC)CCN(CC(O)COC(=O)CCCC/C=C\C/C=C\CC)CCN(CC(O)COC(=O)CCCC/C=C\C/C=C\CC)CCN(CC(O)COC(=O)CCCC/C=C\C/C=C\CC)CCN(CC(O)COC(=O)CCCC/C=C\C/C=C\CC)CC1. The van der Waals surface area contributed by atoms with Crippen molar-refractivity contribution >= 4 is 35.8 Å². The monoisotopic (exact) mass is 1770 g/mol. The summed E-state index contributed by atoms with van der Waals surface area (Å²) in [4.78, 5) is 91.8. The average Bonchev–Trinajstić information content (AvgIpc) is 0.880. The van der Waals surface area contributed by atoms with Crippen molar-refractivity contribution in [3.05, 3.63) is 146 Å². The second-order valence-electron chi connectivity index (χ2n) is 32.8. The van der Waals surface area contributed by atoms with Crippen LogP contribution in [-0.2, 0) is 57.2 Å². The minimum absolute atomic E-state index is 0.0380. The molecule has 126 heavy (non-hydrogen) atoms. The molecule has 0 aromatic rings. The molecule has 1 fully saturated rings. The maximum Gasteiger partial charge on any atom is 0.305 e. The van der Waals surface area contributed by atoms with Crippen LogP contribution in [0.15, 0.2) is 146 Å². The Morgan fingerprint density at radius 3 is 0.460 bits per heavy atom. The zero-order valence-corrected chi connectivity index (χ0v) is 79.0. The van der Waals surface area contributed by atoms with E-state index in [2.05, 4.69) is 187 Å². The summed E-state index contributed by atoms with van der Waals surface area (Å²) < 4.78 is 34.4. The van der Waals surface area contributed by atoms with E-state index in [0.29, 0.717) is 38.5 Å². The molecule has 1 heterocycles. The number of nitrogens with zero attached hydrogens (tertiary/aromatic N) is 6. The van der Waals surface area contributed by atoms with Gasteiger partial charge in [0.2, 0.25) is 0 Å². The van der Waals surface area contributed by atoms with Gasteiger partial charge in [-0.3, -0.25) is 58.2 Å².